The maximum absolute atomic E-state index is 13.5. The highest BCUT2D eigenvalue weighted by Gasteiger charge is 2.31. The zero-order chi connectivity index (χ0) is 23.8. The zero-order valence-electron chi connectivity index (χ0n) is 19.7. The molecule has 1 saturated heterocycles. The second kappa shape index (κ2) is 9.14. The van der Waals surface area contributed by atoms with Crippen LogP contribution in [0.5, 0.6) is 11.5 Å². The van der Waals surface area contributed by atoms with Gasteiger partial charge in [0.15, 0.2) is 17.3 Å². The molecule has 2 aliphatic rings. The molecule has 9 heteroatoms. The Kier molecular flexibility index (Phi) is 5.69. The third kappa shape index (κ3) is 4.16. The molecule has 1 atom stereocenters. The number of nitrogens with zero attached hydrogens (tertiary/aromatic N) is 5. The quantitative estimate of drug-likeness (QED) is 0.474. The summed E-state index contributed by atoms with van der Waals surface area (Å²) in [5.74, 6) is 2.13. The number of aromatic amines is 1. The van der Waals surface area contributed by atoms with Crippen LogP contribution in [0.25, 0.3) is 10.9 Å². The summed E-state index contributed by atoms with van der Waals surface area (Å²) >= 11 is 0. The first kappa shape index (κ1) is 21.8. The minimum atomic E-state index is -0.342. The average molecular weight is 473 g/mol. The summed E-state index contributed by atoms with van der Waals surface area (Å²) in [4.78, 5) is 19.0. The molecule has 2 aromatic heterocycles. The van der Waals surface area contributed by atoms with Crippen molar-refractivity contribution in [3.8, 4) is 11.5 Å². The van der Waals surface area contributed by atoms with Gasteiger partial charge in [0.1, 0.15) is 6.04 Å². The molecule has 4 aromatic rings. The molecule has 0 unspecified atom stereocenters. The molecule has 0 radical (unpaired) electrons. The Labute approximate surface area is 202 Å². The van der Waals surface area contributed by atoms with E-state index in [1.807, 2.05) is 49.4 Å². The summed E-state index contributed by atoms with van der Waals surface area (Å²) in [6.07, 6.45) is 4.56. The number of hydrogen-bond acceptors (Lipinski definition) is 7. The van der Waals surface area contributed by atoms with Crippen LogP contribution >= 0.6 is 0 Å². The van der Waals surface area contributed by atoms with Gasteiger partial charge in [-0.3, -0.25) is 9.69 Å². The van der Waals surface area contributed by atoms with E-state index in [1.165, 1.54) is 12.8 Å². The molecule has 2 aliphatic heterocycles. The fraction of sp³-hybridized carbons (Fsp3) is 0.385. The Hall–Kier alpha value is -3.72. The van der Waals surface area contributed by atoms with Gasteiger partial charge in [0, 0.05) is 5.56 Å². The van der Waals surface area contributed by atoms with Crippen LogP contribution in [0.1, 0.15) is 54.2 Å². The van der Waals surface area contributed by atoms with E-state index in [0.29, 0.717) is 17.9 Å². The number of para-hydroxylation sites is 1. The van der Waals surface area contributed by atoms with Gasteiger partial charge in [-0.1, -0.05) is 37.1 Å². The van der Waals surface area contributed by atoms with E-state index < -0.39 is 0 Å². The standard InChI is InChI=1S/C26H28N6O3/c1-17-7-6-8-19-14-20(26(33)27-23(17)19)24(31-11-4-2-3-5-12-31)25-28-29-30-32(25)15-18-9-10-21-22(13-18)35-16-34-21/h6-10,13-14,24H,2-5,11-12,15-16H2,1H3,(H,27,33)/t24-/m0/s1. The van der Waals surface area contributed by atoms with Gasteiger partial charge in [-0.15, -0.1) is 5.10 Å². The van der Waals surface area contributed by atoms with Gasteiger partial charge < -0.3 is 14.5 Å². The van der Waals surface area contributed by atoms with Crippen LogP contribution in [0, 0.1) is 6.92 Å². The second-order valence-electron chi connectivity index (χ2n) is 9.33. The second-order valence-corrected chi connectivity index (χ2v) is 9.33. The number of ether oxygens (including phenoxy) is 2. The molecule has 2 aromatic carbocycles. The summed E-state index contributed by atoms with van der Waals surface area (Å²) in [6, 6.07) is 13.6. The Morgan fingerprint density at radius 3 is 2.71 bits per heavy atom. The number of aryl methyl sites for hydroxylation is 1. The molecule has 4 heterocycles. The van der Waals surface area contributed by atoms with Crippen molar-refractivity contribution >= 4 is 10.9 Å². The normalized spacial score (nSPS) is 16.9. The molecule has 9 nitrogen and oxygen atoms in total. The molecule has 35 heavy (non-hydrogen) atoms. The molecule has 1 fully saturated rings. The lowest BCUT2D eigenvalue weighted by Gasteiger charge is -2.29. The number of benzene rings is 2. The Morgan fingerprint density at radius 1 is 1.03 bits per heavy atom. The zero-order valence-corrected chi connectivity index (χ0v) is 19.7. The van der Waals surface area contributed by atoms with E-state index >= 15 is 0 Å². The van der Waals surface area contributed by atoms with Gasteiger partial charge in [-0.2, -0.15) is 0 Å². The smallest absolute Gasteiger partial charge is 0.253 e. The van der Waals surface area contributed by atoms with Crippen LogP contribution in [-0.2, 0) is 6.54 Å². The number of hydrogen-bond donors (Lipinski definition) is 1. The van der Waals surface area contributed by atoms with Gasteiger partial charge in [0.2, 0.25) is 6.79 Å². The number of likely N-dealkylation sites (tertiary alicyclic amines) is 1. The number of fused-ring (bicyclic) bond motifs is 2. The lowest BCUT2D eigenvalue weighted by Crippen LogP contribution is -2.36. The molecule has 0 saturated carbocycles. The molecular formula is C26H28N6O3. The van der Waals surface area contributed by atoms with Crippen LogP contribution in [0.3, 0.4) is 0 Å². The Bertz CT molecular complexity index is 1420. The van der Waals surface area contributed by atoms with Gasteiger partial charge in [-0.05, 0) is 78.0 Å². The molecule has 0 bridgehead atoms. The molecule has 6 rings (SSSR count). The van der Waals surface area contributed by atoms with E-state index in [2.05, 4.69) is 25.4 Å². The summed E-state index contributed by atoms with van der Waals surface area (Å²) < 4.78 is 12.8. The maximum Gasteiger partial charge on any atom is 0.253 e. The lowest BCUT2D eigenvalue weighted by atomic mass is 10.0. The maximum atomic E-state index is 13.5. The molecule has 0 spiro atoms. The third-order valence-corrected chi connectivity index (χ3v) is 6.99. The van der Waals surface area contributed by atoms with Crippen LogP contribution in [0.15, 0.2) is 47.3 Å². The van der Waals surface area contributed by atoms with Gasteiger partial charge in [0.05, 0.1) is 12.1 Å². The number of H-pyrrole nitrogens is 1. The van der Waals surface area contributed by atoms with Gasteiger partial charge in [-0.25, -0.2) is 4.68 Å². The van der Waals surface area contributed by atoms with Crippen molar-refractivity contribution in [3.63, 3.8) is 0 Å². The number of nitrogens with one attached hydrogen (secondary N) is 1. The molecule has 180 valence electrons. The lowest BCUT2D eigenvalue weighted by molar-refractivity contribution is 0.174. The topological polar surface area (TPSA) is 98.2 Å². The van der Waals surface area contributed by atoms with Gasteiger partial charge >= 0.3 is 0 Å². The van der Waals surface area contributed by atoms with Crippen LogP contribution in [0.2, 0.25) is 0 Å². The van der Waals surface area contributed by atoms with Crippen molar-refractivity contribution in [1.29, 1.82) is 0 Å². The first-order valence-electron chi connectivity index (χ1n) is 12.2. The molecular weight excluding hydrogens is 444 g/mol. The van der Waals surface area contributed by atoms with Crippen molar-refractivity contribution in [2.24, 2.45) is 0 Å². The summed E-state index contributed by atoms with van der Waals surface area (Å²) in [6.45, 7) is 4.50. The largest absolute Gasteiger partial charge is 0.454 e. The average Bonchev–Trinajstić information content (AvgIpc) is 3.43. The SMILES string of the molecule is Cc1cccc2cc([C@@H](c3nnnn3Cc3ccc4c(c3)OCO4)N3CCCCCC3)c(=O)[nH]c12. The molecule has 0 amide bonds. The highest BCUT2D eigenvalue weighted by Crippen LogP contribution is 2.33. The van der Waals surface area contributed by atoms with Crippen LogP contribution in [-0.4, -0.2) is 50.0 Å². The highest BCUT2D eigenvalue weighted by molar-refractivity contribution is 5.82. The van der Waals surface area contributed by atoms with E-state index in [4.69, 9.17) is 9.47 Å². The first-order chi connectivity index (χ1) is 17.2. The monoisotopic (exact) mass is 472 g/mol. The van der Waals surface area contributed by atoms with Crippen molar-refractivity contribution in [2.75, 3.05) is 19.9 Å². The molecule has 1 N–H and O–H groups in total. The fourth-order valence-corrected chi connectivity index (χ4v) is 5.19. The third-order valence-electron chi connectivity index (χ3n) is 6.99. The van der Waals surface area contributed by atoms with Gasteiger partial charge in [0.25, 0.3) is 5.56 Å². The predicted octanol–water partition coefficient (Wildman–Crippen LogP) is 3.57. The van der Waals surface area contributed by atoms with E-state index in [-0.39, 0.29) is 18.4 Å². The van der Waals surface area contributed by atoms with E-state index in [1.54, 1.807) is 4.68 Å². The van der Waals surface area contributed by atoms with E-state index in [9.17, 15) is 4.79 Å². The van der Waals surface area contributed by atoms with Crippen molar-refractivity contribution < 1.29 is 9.47 Å². The number of rotatable bonds is 5. The minimum Gasteiger partial charge on any atom is -0.454 e. The molecule has 0 aliphatic carbocycles. The van der Waals surface area contributed by atoms with Crippen molar-refractivity contribution in [3.05, 3.63) is 75.3 Å². The van der Waals surface area contributed by atoms with Crippen LogP contribution in [0.4, 0.5) is 0 Å². The van der Waals surface area contributed by atoms with Crippen LogP contribution < -0.4 is 15.0 Å². The number of aromatic nitrogens is 5. The summed E-state index contributed by atoms with van der Waals surface area (Å²) in [7, 11) is 0. The first-order valence-corrected chi connectivity index (χ1v) is 12.2. The van der Waals surface area contributed by atoms with Crippen molar-refractivity contribution in [2.45, 2.75) is 45.2 Å². The summed E-state index contributed by atoms with van der Waals surface area (Å²) in [5.41, 5.74) is 3.49. The Balaban J connectivity index is 1.44. The number of tetrazole rings is 1. The predicted molar refractivity (Wildman–Crippen MR) is 131 cm³/mol. The summed E-state index contributed by atoms with van der Waals surface area (Å²) in [5, 5.41) is 13.8. The highest BCUT2D eigenvalue weighted by atomic mass is 16.7. The van der Waals surface area contributed by atoms with E-state index in [0.717, 1.165) is 59.5 Å². The Morgan fingerprint density at radius 2 is 1.86 bits per heavy atom. The van der Waals surface area contributed by atoms with Crippen molar-refractivity contribution in [1.82, 2.24) is 30.1 Å². The number of pyridine rings is 1. The fourth-order valence-electron chi connectivity index (χ4n) is 5.19. The minimum absolute atomic E-state index is 0.0984.